The van der Waals surface area contributed by atoms with Gasteiger partial charge in [0.25, 0.3) is 0 Å². The molecule has 3 fully saturated rings. The van der Waals surface area contributed by atoms with Gasteiger partial charge in [-0.05, 0) is 37.5 Å². The molecule has 0 N–H and O–H groups in total. The van der Waals surface area contributed by atoms with Gasteiger partial charge in [0.05, 0.1) is 0 Å². The minimum atomic E-state index is -0.0829. The van der Waals surface area contributed by atoms with Gasteiger partial charge in [-0.1, -0.05) is 6.42 Å². The fourth-order valence-electron chi connectivity index (χ4n) is 3.98. The molecule has 0 amide bonds. The van der Waals surface area contributed by atoms with Crippen LogP contribution in [0.2, 0.25) is 0 Å². The summed E-state index contributed by atoms with van der Waals surface area (Å²) in [6.07, 6.45) is 4.87. The summed E-state index contributed by atoms with van der Waals surface area (Å²) in [6.45, 7) is 0. The van der Waals surface area contributed by atoms with Crippen LogP contribution in [0.1, 0.15) is 32.1 Å². The Bertz CT molecular complexity index is 310. The van der Waals surface area contributed by atoms with Crippen molar-refractivity contribution < 1.29 is 9.59 Å². The van der Waals surface area contributed by atoms with E-state index in [0.717, 1.165) is 32.1 Å². The van der Waals surface area contributed by atoms with Crippen LogP contribution in [-0.2, 0) is 9.59 Å². The second-order valence-electron chi connectivity index (χ2n) is 5.21. The molecule has 0 aromatic carbocycles. The molecule has 0 aliphatic heterocycles. The van der Waals surface area contributed by atoms with Crippen molar-refractivity contribution in [1.82, 2.24) is 0 Å². The molecule has 0 bridgehead atoms. The molecule has 82 valence electrons. The van der Waals surface area contributed by atoms with E-state index in [1.54, 1.807) is 0 Å². The van der Waals surface area contributed by atoms with Crippen LogP contribution in [0.5, 0.6) is 0 Å². The van der Waals surface area contributed by atoms with Crippen molar-refractivity contribution in [2.24, 2.45) is 23.7 Å². The van der Waals surface area contributed by atoms with Crippen molar-refractivity contribution in [3.63, 3.8) is 0 Å². The molecular weight excluding hydrogens is 212 g/mol. The molecule has 5 atom stereocenters. The molecule has 0 heterocycles. The van der Waals surface area contributed by atoms with Gasteiger partial charge < -0.3 is 0 Å². The first-order valence-electron chi connectivity index (χ1n) is 5.92. The number of carbonyl (C=O) groups is 2. The summed E-state index contributed by atoms with van der Waals surface area (Å²) in [4.78, 5) is 23.6. The molecule has 0 aromatic heterocycles. The van der Waals surface area contributed by atoms with Crippen LogP contribution in [0.4, 0.5) is 0 Å². The van der Waals surface area contributed by atoms with E-state index in [9.17, 15) is 9.59 Å². The summed E-state index contributed by atoms with van der Waals surface area (Å²) in [5, 5.41) is 0.202. The van der Waals surface area contributed by atoms with E-state index in [1.807, 2.05) is 0 Å². The Morgan fingerprint density at radius 2 is 1.60 bits per heavy atom. The van der Waals surface area contributed by atoms with Crippen LogP contribution in [-0.4, -0.2) is 16.9 Å². The molecule has 3 saturated carbocycles. The maximum absolute atomic E-state index is 11.8. The molecule has 3 aliphatic carbocycles. The summed E-state index contributed by atoms with van der Waals surface area (Å²) in [5.41, 5.74) is 0. The highest BCUT2D eigenvalue weighted by molar-refractivity contribution is 6.41. The molecular formula is C12H15ClO2. The van der Waals surface area contributed by atoms with Gasteiger partial charge in [0.15, 0.2) is 0 Å². The van der Waals surface area contributed by atoms with Crippen molar-refractivity contribution in [3.05, 3.63) is 0 Å². The van der Waals surface area contributed by atoms with Crippen molar-refractivity contribution >= 4 is 23.2 Å². The largest absolute Gasteiger partial charge is 0.291 e. The summed E-state index contributed by atoms with van der Waals surface area (Å²) >= 11 is 6.32. The molecule has 3 heteroatoms. The van der Waals surface area contributed by atoms with Crippen molar-refractivity contribution in [2.75, 3.05) is 0 Å². The fraction of sp³-hybridized carbons (Fsp3) is 0.833. The zero-order valence-electron chi connectivity index (χ0n) is 8.62. The lowest BCUT2D eigenvalue weighted by Gasteiger charge is -2.41. The first-order chi connectivity index (χ1) is 7.20. The van der Waals surface area contributed by atoms with E-state index in [1.165, 1.54) is 0 Å². The average molecular weight is 227 g/mol. The van der Waals surface area contributed by atoms with Gasteiger partial charge in [-0.3, -0.25) is 9.59 Å². The molecule has 0 aromatic rings. The van der Waals surface area contributed by atoms with Crippen molar-refractivity contribution in [1.29, 1.82) is 0 Å². The lowest BCUT2D eigenvalue weighted by Crippen LogP contribution is -2.39. The number of halogens is 1. The molecule has 0 radical (unpaired) electrons. The first kappa shape index (κ1) is 9.83. The van der Waals surface area contributed by atoms with Crippen LogP contribution < -0.4 is 0 Å². The third kappa shape index (κ3) is 1.24. The molecule has 0 saturated heterocycles. The lowest BCUT2D eigenvalue weighted by molar-refractivity contribution is -0.137. The normalized spacial score (nSPS) is 49.3. The fourth-order valence-corrected chi connectivity index (χ4v) is 4.40. The van der Waals surface area contributed by atoms with Gasteiger partial charge in [0, 0.05) is 17.2 Å². The summed E-state index contributed by atoms with van der Waals surface area (Å²) in [6, 6.07) is 0. The highest BCUT2D eigenvalue weighted by Crippen LogP contribution is 2.52. The van der Waals surface area contributed by atoms with Gasteiger partial charge in [-0.2, -0.15) is 0 Å². The zero-order valence-corrected chi connectivity index (χ0v) is 9.37. The second-order valence-corrected chi connectivity index (χ2v) is 5.77. The average Bonchev–Trinajstić information content (AvgIpc) is 2.50. The number of Topliss-reactive ketones (excluding diaryl/α,β-unsaturated/α-hetero) is 2. The maximum Gasteiger partial charge on any atom is 0.202 e. The summed E-state index contributed by atoms with van der Waals surface area (Å²) in [7, 11) is 0. The van der Waals surface area contributed by atoms with Gasteiger partial charge in [0.1, 0.15) is 0 Å². The summed E-state index contributed by atoms with van der Waals surface area (Å²) in [5.74, 6) is 0.626. The third-order valence-electron chi connectivity index (χ3n) is 4.61. The number of hydrogen-bond donors (Lipinski definition) is 0. The monoisotopic (exact) mass is 226 g/mol. The molecule has 2 nitrogen and oxygen atoms in total. The Labute approximate surface area is 94.4 Å². The highest BCUT2D eigenvalue weighted by atomic mass is 35.5. The van der Waals surface area contributed by atoms with Crippen LogP contribution in [0.3, 0.4) is 0 Å². The van der Waals surface area contributed by atoms with Crippen molar-refractivity contribution in [2.45, 2.75) is 37.5 Å². The number of carbonyl (C=O) groups excluding carboxylic acids is 2. The van der Waals surface area contributed by atoms with E-state index in [-0.39, 0.29) is 28.8 Å². The highest BCUT2D eigenvalue weighted by Gasteiger charge is 2.56. The Kier molecular flexibility index (Phi) is 2.17. The minimum Gasteiger partial charge on any atom is -0.291 e. The number of alkyl halides is 1. The predicted molar refractivity (Wildman–Crippen MR) is 56.7 cm³/mol. The molecule has 15 heavy (non-hydrogen) atoms. The van der Waals surface area contributed by atoms with Gasteiger partial charge in [-0.15, -0.1) is 11.6 Å². The van der Waals surface area contributed by atoms with Crippen LogP contribution >= 0.6 is 11.6 Å². The number of rotatable bonds is 0. The topological polar surface area (TPSA) is 34.1 Å². The lowest BCUT2D eigenvalue weighted by atomic mass is 9.64. The van der Waals surface area contributed by atoms with Gasteiger partial charge in [-0.25, -0.2) is 0 Å². The quantitative estimate of drug-likeness (QED) is 0.469. The maximum atomic E-state index is 11.8. The van der Waals surface area contributed by atoms with E-state index in [0.29, 0.717) is 11.8 Å². The predicted octanol–water partition coefficient (Wildman–Crippen LogP) is 2.19. The van der Waals surface area contributed by atoms with Crippen molar-refractivity contribution in [3.8, 4) is 0 Å². The minimum absolute atomic E-state index is 0.0304. The van der Waals surface area contributed by atoms with E-state index in [4.69, 9.17) is 11.6 Å². The Balaban J connectivity index is 1.98. The van der Waals surface area contributed by atoms with E-state index >= 15 is 0 Å². The second kappa shape index (κ2) is 3.31. The van der Waals surface area contributed by atoms with E-state index < -0.39 is 0 Å². The SMILES string of the molecule is O=C1C(=O)C2CCC(Cl)C3CCCC1C23. The third-order valence-corrected chi connectivity index (χ3v) is 5.15. The Morgan fingerprint density at radius 3 is 2.33 bits per heavy atom. The number of hydrogen-bond acceptors (Lipinski definition) is 2. The Hall–Kier alpha value is -0.370. The van der Waals surface area contributed by atoms with Crippen LogP contribution in [0.15, 0.2) is 0 Å². The molecule has 3 aliphatic rings. The standard InChI is InChI=1S/C12H15ClO2/c13-9-5-4-8-10-6(9)2-1-3-7(10)11(14)12(8)15/h6-10H,1-5H2. The molecule has 5 unspecified atom stereocenters. The van der Waals surface area contributed by atoms with Gasteiger partial charge in [0.2, 0.25) is 11.6 Å². The molecule has 0 spiro atoms. The molecule has 3 rings (SSSR count). The van der Waals surface area contributed by atoms with Crippen LogP contribution in [0.25, 0.3) is 0 Å². The summed E-state index contributed by atoms with van der Waals surface area (Å²) < 4.78 is 0. The smallest absolute Gasteiger partial charge is 0.202 e. The van der Waals surface area contributed by atoms with Gasteiger partial charge >= 0.3 is 0 Å². The Morgan fingerprint density at radius 1 is 0.933 bits per heavy atom. The van der Waals surface area contributed by atoms with E-state index in [2.05, 4.69) is 0 Å². The van der Waals surface area contributed by atoms with Crippen LogP contribution in [0, 0.1) is 23.7 Å². The zero-order chi connectivity index (χ0) is 10.6. The number of ketones is 2. The first-order valence-corrected chi connectivity index (χ1v) is 6.36.